The Kier molecular flexibility index (Phi) is 5.36. The van der Waals surface area contributed by atoms with Crippen LogP contribution in [-0.4, -0.2) is 43.1 Å². The van der Waals surface area contributed by atoms with E-state index >= 15 is 0 Å². The SMILES string of the molecule is COc1ccc(Cl)cc1C(=O)N1C2CCNCC1CC2.Cl. The number of nitrogens with zero attached hydrogens (tertiary/aromatic N) is 1. The molecule has 6 heteroatoms. The van der Waals surface area contributed by atoms with Crippen molar-refractivity contribution in [1.29, 1.82) is 0 Å². The third-order valence-corrected chi connectivity index (χ3v) is 4.52. The molecule has 2 unspecified atom stereocenters. The molecular formula is C15H20Cl2N2O2. The molecule has 1 aromatic carbocycles. The number of hydrogen-bond donors (Lipinski definition) is 1. The van der Waals surface area contributed by atoms with Crippen molar-refractivity contribution in [2.75, 3.05) is 20.2 Å². The summed E-state index contributed by atoms with van der Waals surface area (Å²) in [6, 6.07) is 5.84. The van der Waals surface area contributed by atoms with Gasteiger partial charge >= 0.3 is 0 Å². The molecule has 116 valence electrons. The third-order valence-electron chi connectivity index (χ3n) is 4.28. The average molecular weight is 331 g/mol. The largest absolute Gasteiger partial charge is 0.496 e. The fraction of sp³-hybridized carbons (Fsp3) is 0.533. The number of fused-ring (bicyclic) bond motifs is 2. The van der Waals surface area contributed by atoms with Gasteiger partial charge in [-0.3, -0.25) is 4.79 Å². The predicted molar refractivity (Wildman–Crippen MR) is 85.7 cm³/mol. The van der Waals surface area contributed by atoms with Gasteiger partial charge in [0.15, 0.2) is 0 Å². The van der Waals surface area contributed by atoms with Crippen LogP contribution in [0.1, 0.15) is 29.6 Å². The Bertz CT molecular complexity index is 510. The summed E-state index contributed by atoms with van der Waals surface area (Å²) in [5, 5.41) is 3.97. The second kappa shape index (κ2) is 6.86. The highest BCUT2D eigenvalue weighted by Gasteiger charge is 2.39. The summed E-state index contributed by atoms with van der Waals surface area (Å²) in [6.45, 7) is 1.86. The first-order chi connectivity index (χ1) is 9.70. The van der Waals surface area contributed by atoms with Crippen LogP contribution in [0.5, 0.6) is 5.75 Å². The van der Waals surface area contributed by atoms with Gasteiger partial charge in [0.25, 0.3) is 5.91 Å². The second-order valence-electron chi connectivity index (χ2n) is 5.43. The van der Waals surface area contributed by atoms with Crippen molar-refractivity contribution in [2.24, 2.45) is 0 Å². The number of hydrogen-bond acceptors (Lipinski definition) is 3. The van der Waals surface area contributed by atoms with Gasteiger partial charge in [-0.05, 0) is 44.0 Å². The van der Waals surface area contributed by atoms with E-state index in [1.54, 1.807) is 25.3 Å². The molecule has 0 radical (unpaired) electrons. The number of amides is 1. The summed E-state index contributed by atoms with van der Waals surface area (Å²) in [5.41, 5.74) is 0.568. The number of carbonyl (C=O) groups is 1. The van der Waals surface area contributed by atoms with Crippen molar-refractivity contribution in [3.63, 3.8) is 0 Å². The predicted octanol–water partition coefficient (Wildman–Crippen LogP) is 2.74. The van der Waals surface area contributed by atoms with E-state index in [4.69, 9.17) is 16.3 Å². The lowest BCUT2D eigenvalue weighted by atomic mass is 10.1. The molecule has 0 spiro atoms. The second-order valence-corrected chi connectivity index (χ2v) is 5.87. The molecule has 2 aliphatic rings. The van der Waals surface area contributed by atoms with E-state index in [1.165, 1.54) is 0 Å². The smallest absolute Gasteiger partial charge is 0.258 e. The summed E-state index contributed by atoms with van der Waals surface area (Å²) >= 11 is 6.04. The Hall–Kier alpha value is -0.970. The van der Waals surface area contributed by atoms with Crippen molar-refractivity contribution in [3.8, 4) is 5.75 Å². The summed E-state index contributed by atoms with van der Waals surface area (Å²) in [6.07, 6.45) is 3.19. The van der Waals surface area contributed by atoms with E-state index in [0.29, 0.717) is 28.4 Å². The summed E-state index contributed by atoms with van der Waals surface area (Å²) in [5.74, 6) is 0.636. The highest BCUT2D eigenvalue weighted by Crippen LogP contribution is 2.32. The molecule has 2 saturated heterocycles. The van der Waals surface area contributed by atoms with E-state index in [1.807, 2.05) is 4.90 Å². The monoisotopic (exact) mass is 330 g/mol. The molecule has 2 fully saturated rings. The topological polar surface area (TPSA) is 41.6 Å². The van der Waals surface area contributed by atoms with Crippen molar-refractivity contribution >= 4 is 29.9 Å². The fourth-order valence-corrected chi connectivity index (χ4v) is 3.47. The first-order valence-electron chi connectivity index (χ1n) is 7.07. The maximum Gasteiger partial charge on any atom is 0.258 e. The first-order valence-corrected chi connectivity index (χ1v) is 7.45. The number of rotatable bonds is 2. The highest BCUT2D eigenvalue weighted by atomic mass is 35.5. The molecule has 1 aromatic rings. The highest BCUT2D eigenvalue weighted by molar-refractivity contribution is 6.31. The van der Waals surface area contributed by atoms with E-state index in [9.17, 15) is 4.79 Å². The maximum absolute atomic E-state index is 12.9. The minimum Gasteiger partial charge on any atom is -0.496 e. The van der Waals surface area contributed by atoms with E-state index in [0.717, 1.165) is 32.4 Å². The number of benzene rings is 1. The molecule has 2 heterocycles. The van der Waals surface area contributed by atoms with Crippen LogP contribution in [0.3, 0.4) is 0 Å². The van der Waals surface area contributed by atoms with Gasteiger partial charge in [0.1, 0.15) is 5.75 Å². The number of methoxy groups -OCH3 is 1. The van der Waals surface area contributed by atoms with Gasteiger partial charge in [0, 0.05) is 23.7 Å². The van der Waals surface area contributed by atoms with Gasteiger partial charge in [-0.15, -0.1) is 12.4 Å². The summed E-state index contributed by atoms with van der Waals surface area (Å²) in [4.78, 5) is 14.9. The Balaban J connectivity index is 0.00000161. The van der Waals surface area contributed by atoms with E-state index in [-0.39, 0.29) is 18.3 Å². The average Bonchev–Trinajstić information content (AvgIpc) is 2.71. The van der Waals surface area contributed by atoms with Crippen LogP contribution in [0.25, 0.3) is 0 Å². The number of carbonyl (C=O) groups excluding carboxylic acids is 1. The molecule has 4 nitrogen and oxygen atoms in total. The van der Waals surface area contributed by atoms with Crippen molar-refractivity contribution in [1.82, 2.24) is 10.2 Å². The molecule has 0 saturated carbocycles. The van der Waals surface area contributed by atoms with Gasteiger partial charge in [-0.2, -0.15) is 0 Å². The summed E-state index contributed by atoms with van der Waals surface area (Å²) < 4.78 is 5.31. The van der Waals surface area contributed by atoms with E-state index in [2.05, 4.69) is 5.32 Å². The molecule has 1 N–H and O–H groups in total. The zero-order chi connectivity index (χ0) is 14.1. The van der Waals surface area contributed by atoms with Crippen LogP contribution in [0.4, 0.5) is 0 Å². The zero-order valence-electron chi connectivity index (χ0n) is 12.0. The standard InChI is InChI=1S/C15H19ClN2O2.ClH/c1-20-14-5-2-10(16)8-13(14)15(19)18-11-3-4-12(18)9-17-7-6-11;/h2,5,8,11-12,17H,3-4,6-7,9H2,1H3;1H. The molecule has 1 amide bonds. The van der Waals surface area contributed by atoms with Crippen LogP contribution in [0.15, 0.2) is 18.2 Å². The van der Waals surface area contributed by atoms with Gasteiger partial charge < -0.3 is 15.0 Å². The van der Waals surface area contributed by atoms with Crippen LogP contribution in [-0.2, 0) is 0 Å². The van der Waals surface area contributed by atoms with Crippen molar-refractivity contribution in [3.05, 3.63) is 28.8 Å². The number of ether oxygens (including phenoxy) is 1. The zero-order valence-corrected chi connectivity index (χ0v) is 13.5. The molecular weight excluding hydrogens is 311 g/mol. The van der Waals surface area contributed by atoms with Crippen molar-refractivity contribution < 1.29 is 9.53 Å². The van der Waals surface area contributed by atoms with Gasteiger partial charge in [0.2, 0.25) is 0 Å². The van der Waals surface area contributed by atoms with Gasteiger partial charge in [-0.1, -0.05) is 11.6 Å². The van der Waals surface area contributed by atoms with Crippen LogP contribution in [0, 0.1) is 0 Å². The molecule has 21 heavy (non-hydrogen) atoms. The molecule has 2 aliphatic heterocycles. The third kappa shape index (κ3) is 3.12. The van der Waals surface area contributed by atoms with Crippen LogP contribution in [0.2, 0.25) is 5.02 Å². The maximum atomic E-state index is 12.9. The normalized spacial score (nSPS) is 24.2. The molecule has 0 aromatic heterocycles. The minimum absolute atomic E-state index is 0. The molecule has 0 aliphatic carbocycles. The van der Waals surface area contributed by atoms with E-state index < -0.39 is 0 Å². The van der Waals surface area contributed by atoms with Crippen LogP contribution >= 0.6 is 24.0 Å². The Labute approximate surface area is 136 Å². The van der Waals surface area contributed by atoms with Crippen molar-refractivity contribution in [2.45, 2.75) is 31.3 Å². The minimum atomic E-state index is 0. The molecule has 3 rings (SSSR count). The van der Waals surface area contributed by atoms with Crippen LogP contribution < -0.4 is 10.1 Å². The quantitative estimate of drug-likeness (QED) is 0.906. The molecule has 2 atom stereocenters. The number of halogens is 2. The molecule has 2 bridgehead atoms. The number of nitrogens with one attached hydrogen (secondary N) is 1. The Morgan fingerprint density at radius 3 is 2.86 bits per heavy atom. The lowest BCUT2D eigenvalue weighted by molar-refractivity contribution is 0.0677. The Morgan fingerprint density at radius 1 is 1.33 bits per heavy atom. The van der Waals surface area contributed by atoms with Gasteiger partial charge in [-0.25, -0.2) is 0 Å². The first kappa shape index (κ1) is 16.4. The lowest BCUT2D eigenvalue weighted by Crippen LogP contribution is -2.42. The summed E-state index contributed by atoms with van der Waals surface area (Å²) in [7, 11) is 1.58. The fourth-order valence-electron chi connectivity index (χ4n) is 3.30. The lowest BCUT2D eigenvalue weighted by Gasteiger charge is -2.28. The van der Waals surface area contributed by atoms with Gasteiger partial charge in [0.05, 0.1) is 12.7 Å². The Morgan fingerprint density at radius 2 is 2.10 bits per heavy atom.